The molecule has 0 fully saturated rings. The Morgan fingerprint density at radius 1 is 1.31 bits per heavy atom. The van der Waals surface area contributed by atoms with Crippen molar-refractivity contribution in [1.29, 1.82) is 0 Å². The Labute approximate surface area is 79.2 Å². The number of benzene rings is 1. The number of ether oxygens (including phenoxy) is 1. The van der Waals surface area contributed by atoms with Crippen molar-refractivity contribution in [3.63, 3.8) is 0 Å². The van der Waals surface area contributed by atoms with Gasteiger partial charge in [0.2, 0.25) is 0 Å². The molecule has 1 unspecified atom stereocenters. The Kier molecular flexibility index (Phi) is 3.93. The highest BCUT2D eigenvalue weighted by Gasteiger charge is 2.05. The zero-order valence-corrected chi connectivity index (χ0v) is 8.16. The predicted octanol–water partition coefficient (Wildman–Crippen LogP) is 1.54. The SMILES string of the molecule is COC(CO)Cc1ccc(C)cc1. The van der Waals surface area contributed by atoms with Crippen LogP contribution in [0.2, 0.25) is 0 Å². The summed E-state index contributed by atoms with van der Waals surface area (Å²) < 4.78 is 5.08. The standard InChI is InChI=1S/C11H16O2/c1-9-3-5-10(6-4-9)7-11(8-12)13-2/h3-6,11-12H,7-8H2,1-2H3. The van der Waals surface area contributed by atoms with Crippen LogP contribution >= 0.6 is 0 Å². The molecule has 13 heavy (non-hydrogen) atoms. The maximum absolute atomic E-state index is 8.92. The van der Waals surface area contributed by atoms with Crippen molar-refractivity contribution in [3.05, 3.63) is 35.4 Å². The zero-order chi connectivity index (χ0) is 9.68. The van der Waals surface area contributed by atoms with Crippen LogP contribution in [0.15, 0.2) is 24.3 Å². The number of aliphatic hydroxyl groups excluding tert-OH is 1. The van der Waals surface area contributed by atoms with E-state index in [0.717, 1.165) is 6.42 Å². The highest BCUT2D eigenvalue weighted by atomic mass is 16.5. The number of rotatable bonds is 4. The molecule has 0 saturated carbocycles. The first-order valence-electron chi connectivity index (χ1n) is 4.45. The van der Waals surface area contributed by atoms with Gasteiger partial charge >= 0.3 is 0 Å². The van der Waals surface area contributed by atoms with Crippen molar-refractivity contribution >= 4 is 0 Å². The minimum absolute atomic E-state index is 0.0738. The third-order valence-electron chi connectivity index (χ3n) is 2.12. The fourth-order valence-electron chi connectivity index (χ4n) is 1.21. The van der Waals surface area contributed by atoms with Crippen LogP contribution < -0.4 is 0 Å². The third kappa shape index (κ3) is 3.17. The molecule has 0 aromatic heterocycles. The van der Waals surface area contributed by atoms with E-state index < -0.39 is 0 Å². The van der Waals surface area contributed by atoms with Crippen LogP contribution in [-0.4, -0.2) is 24.9 Å². The van der Waals surface area contributed by atoms with Crippen molar-refractivity contribution in [2.45, 2.75) is 19.4 Å². The largest absolute Gasteiger partial charge is 0.394 e. The van der Waals surface area contributed by atoms with Crippen molar-refractivity contribution in [1.82, 2.24) is 0 Å². The van der Waals surface area contributed by atoms with Crippen LogP contribution in [0.1, 0.15) is 11.1 Å². The molecule has 1 aromatic carbocycles. The van der Waals surface area contributed by atoms with Gasteiger partial charge in [0, 0.05) is 13.5 Å². The lowest BCUT2D eigenvalue weighted by atomic mass is 10.1. The van der Waals surface area contributed by atoms with E-state index in [9.17, 15) is 0 Å². The van der Waals surface area contributed by atoms with Gasteiger partial charge in [-0.15, -0.1) is 0 Å². The summed E-state index contributed by atoms with van der Waals surface area (Å²) in [4.78, 5) is 0. The molecule has 0 aliphatic carbocycles. The van der Waals surface area contributed by atoms with Gasteiger partial charge in [-0.25, -0.2) is 0 Å². The molecule has 0 bridgehead atoms. The van der Waals surface area contributed by atoms with E-state index >= 15 is 0 Å². The van der Waals surface area contributed by atoms with Crippen molar-refractivity contribution in [2.24, 2.45) is 0 Å². The molecule has 0 radical (unpaired) electrons. The van der Waals surface area contributed by atoms with Crippen LogP contribution in [0.25, 0.3) is 0 Å². The normalized spacial score (nSPS) is 12.8. The van der Waals surface area contributed by atoms with E-state index in [1.54, 1.807) is 7.11 Å². The molecule has 0 saturated heterocycles. The monoisotopic (exact) mass is 180 g/mol. The highest BCUT2D eigenvalue weighted by Crippen LogP contribution is 2.07. The average molecular weight is 180 g/mol. The maximum atomic E-state index is 8.92. The van der Waals surface area contributed by atoms with Gasteiger partial charge < -0.3 is 9.84 Å². The van der Waals surface area contributed by atoms with Crippen LogP contribution in [0, 0.1) is 6.92 Å². The number of hydrogen-bond donors (Lipinski definition) is 1. The fourth-order valence-corrected chi connectivity index (χ4v) is 1.21. The maximum Gasteiger partial charge on any atom is 0.0842 e. The van der Waals surface area contributed by atoms with Gasteiger partial charge in [0.15, 0.2) is 0 Å². The molecule has 0 aliphatic rings. The van der Waals surface area contributed by atoms with E-state index in [4.69, 9.17) is 9.84 Å². The van der Waals surface area contributed by atoms with Crippen LogP contribution in [-0.2, 0) is 11.2 Å². The second kappa shape index (κ2) is 5.00. The number of methoxy groups -OCH3 is 1. The van der Waals surface area contributed by atoms with Gasteiger partial charge in [0.05, 0.1) is 12.7 Å². The first kappa shape index (κ1) is 10.2. The molecule has 0 aliphatic heterocycles. The molecule has 2 heteroatoms. The van der Waals surface area contributed by atoms with Gasteiger partial charge in [-0.1, -0.05) is 29.8 Å². The molecule has 0 amide bonds. The van der Waals surface area contributed by atoms with Crippen molar-refractivity contribution in [3.8, 4) is 0 Å². The summed E-state index contributed by atoms with van der Waals surface area (Å²) in [5.41, 5.74) is 2.45. The van der Waals surface area contributed by atoms with Crippen LogP contribution in [0.5, 0.6) is 0 Å². The van der Waals surface area contributed by atoms with Gasteiger partial charge in [0.1, 0.15) is 0 Å². The summed E-state index contributed by atoms with van der Waals surface area (Å²) in [5, 5.41) is 8.92. The summed E-state index contributed by atoms with van der Waals surface area (Å²) in [6.45, 7) is 2.13. The molecular weight excluding hydrogens is 164 g/mol. The Morgan fingerprint density at radius 2 is 1.92 bits per heavy atom. The van der Waals surface area contributed by atoms with Crippen LogP contribution in [0.4, 0.5) is 0 Å². The molecule has 2 nitrogen and oxygen atoms in total. The predicted molar refractivity (Wildman–Crippen MR) is 52.8 cm³/mol. The summed E-state index contributed by atoms with van der Waals surface area (Å²) in [7, 11) is 1.62. The lowest BCUT2D eigenvalue weighted by molar-refractivity contribution is 0.0495. The summed E-state index contributed by atoms with van der Waals surface area (Å²) >= 11 is 0. The molecule has 1 atom stereocenters. The van der Waals surface area contributed by atoms with Crippen molar-refractivity contribution in [2.75, 3.05) is 13.7 Å². The van der Waals surface area contributed by atoms with Gasteiger partial charge in [-0.2, -0.15) is 0 Å². The minimum Gasteiger partial charge on any atom is -0.394 e. The second-order valence-electron chi connectivity index (χ2n) is 3.23. The Morgan fingerprint density at radius 3 is 2.38 bits per heavy atom. The molecule has 1 aromatic rings. The molecule has 72 valence electrons. The quantitative estimate of drug-likeness (QED) is 0.761. The van der Waals surface area contributed by atoms with Gasteiger partial charge in [-0.05, 0) is 12.5 Å². The number of hydrogen-bond acceptors (Lipinski definition) is 2. The lowest BCUT2D eigenvalue weighted by Gasteiger charge is -2.11. The van der Waals surface area contributed by atoms with E-state index in [0.29, 0.717) is 0 Å². The Balaban J connectivity index is 2.58. The first-order valence-corrected chi connectivity index (χ1v) is 4.45. The van der Waals surface area contributed by atoms with E-state index in [1.165, 1.54) is 11.1 Å². The fraction of sp³-hybridized carbons (Fsp3) is 0.455. The Bertz CT molecular complexity index is 237. The molecule has 1 rings (SSSR count). The highest BCUT2D eigenvalue weighted by molar-refractivity contribution is 5.21. The summed E-state index contributed by atoms with van der Waals surface area (Å²) in [6.07, 6.45) is 0.690. The topological polar surface area (TPSA) is 29.5 Å². The van der Waals surface area contributed by atoms with E-state index in [2.05, 4.69) is 31.2 Å². The van der Waals surface area contributed by atoms with Gasteiger partial charge in [0.25, 0.3) is 0 Å². The molecule has 1 N–H and O–H groups in total. The minimum atomic E-state index is -0.0808. The number of aliphatic hydroxyl groups is 1. The third-order valence-corrected chi connectivity index (χ3v) is 2.12. The van der Waals surface area contributed by atoms with Crippen molar-refractivity contribution < 1.29 is 9.84 Å². The second-order valence-corrected chi connectivity index (χ2v) is 3.23. The average Bonchev–Trinajstić information content (AvgIpc) is 2.17. The van der Waals surface area contributed by atoms with E-state index in [1.807, 2.05) is 0 Å². The lowest BCUT2D eigenvalue weighted by Crippen LogP contribution is -2.18. The molecule has 0 heterocycles. The van der Waals surface area contributed by atoms with Gasteiger partial charge in [-0.3, -0.25) is 0 Å². The molecule has 0 spiro atoms. The number of aryl methyl sites for hydroxylation is 1. The Hall–Kier alpha value is -0.860. The smallest absolute Gasteiger partial charge is 0.0842 e. The summed E-state index contributed by atoms with van der Waals surface area (Å²) in [6, 6.07) is 8.27. The van der Waals surface area contributed by atoms with E-state index in [-0.39, 0.29) is 12.7 Å². The zero-order valence-electron chi connectivity index (χ0n) is 8.16. The summed E-state index contributed by atoms with van der Waals surface area (Å²) in [5.74, 6) is 0. The van der Waals surface area contributed by atoms with Crippen LogP contribution in [0.3, 0.4) is 0 Å². The molecular formula is C11H16O2. The first-order chi connectivity index (χ1) is 6.26.